The Morgan fingerprint density at radius 1 is 1.10 bits per heavy atom. The van der Waals surface area contributed by atoms with E-state index < -0.39 is 6.04 Å². The highest BCUT2D eigenvalue weighted by atomic mass is 16.2. The molecule has 1 aromatic carbocycles. The van der Waals surface area contributed by atoms with E-state index in [2.05, 4.69) is 24.1 Å². The molecule has 0 spiro atoms. The first kappa shape index (κ1) is 20.0. The van der Waals surface area contributed by atoms with Gasteiger partial charge in [0.15, 0.2) is 11.6 Å². The van der Waals surface area contributed by atoms with Crippen LogP contribution in [0, 0.1) is 5.41 Å². The number of anilines is 2. The number of hydrogen-bond donors (Lipinski definition) is 1. The maximum atomic E-state index is 13.4. The predicted molar refractivity (Wildman–Crippen MR) is 115 cm³/mol. The summed E-state index contributed by atoms with van der Waals surface area (Å²) >= 11 is 0. The third-order valence-corrected chi connectivity index (χ3v) is 5.77. The fourth-order valence-corrected chi connectivity index (χ4v) is 4.46. The lowest BCUT2D eigenvalue weighted by Gasteiger charge is -2.36. The van der Waals surface area contributed by atoms with Crippen LogP contribution < -0.4 is 10.2 Å². The Balaban J connectivity index is 1.97. The summed E-state index contributed by atoms with van der Waals surface area (Å²) in [6, 6.07) is 8.38. The molecule has 1 unspecified atom stereocenters. The van der Waals surface area contributed by atoms with Crippen molar-refractivity contribution >= 4 is 28.8 Å². The molecule has 6 heteroatoms. The monoisotopic (exact) mass is 403 g/mol. The molecule has 6 nitrogen and oxygen atoms in total. The highest BCUT2D eigenvalue weighted by molar-refractivity contribution is 6.05. The number of allylic oxidation sites excluding steroid dienone is 1. The van der Waals surface area contributed by atoms with Gasteiger partial charge in [-0.1, -0.05) is 38.1 Å². The van der Waals surface area contributed by atoms with Crippen molar-refractivity contribution in [2.24, 2.45) is 5.41 Å². The number of carbonyl (C=O) groups is 3. The van der Waals surface area contributed by atoms with E-state index in [-0.39, 0.29) is 22.9 Å². The Kier molecular flexibility index (Phi) is 4.80. The first-order chi connectivity index (χ1) is 14.2. The number of Topliss-reactive ketones (excluding diaryl/α,β-unsaturated/α-hetero) is 2. The Labute approximate surface area is 176 Å². The molecule has 1 atom stereocenters. The van der Waals surface area contributed by atoms with E-state index in [4.69, 9.17) is 0 Å². The van der Waals surface area contributed by atoms with Gasteiger partial charge in [0.1, 0.15) is 0 Å². The number of fused-ring (bicyclic) bond motifs is 1. The van der Waals surface area contributed by atoms with E-state index in [1.807, 2.05) is 12.1 Å². The predicted octanol–water partition coefficient (Wildman–Crippen LogP) is 4.45. The van der Waals surface area contributed by atoms with Crippen molar-refractivity contribution in [2.45, 2.75) is 46.6 Å². The van der Waals surface area contributed by atoms with Crippen molar-refractivity contribution in [3.63, 3.8) is 0 Å². The minimum Gasteiger partial charge on any atom is -0.356 e. The summed E-state index contributed by atoms with van der Waals surface area (Å²) in [5.41, 5.74) is 4.02. The van der Waals surface area contributed by atoms with Gasteiger partial charge in [-0.15, -0.1) is 0 Å². The average Bonchev–Trinajstić information content (AvgIpc) is 2.81. The lowest BCUT2D eigenvalue weighted by atomic mass is 9.73. The van der Waals surface area contributed by atoms with E-state index in [0.717, 1.165) is 11.3 Å². The highest BCUT2D eigenvalue weighted by Crippen LogP contribution is 2.48. The molecule has 1 aromatic heterocycles. The number of pyridine rings is 1. The van der Waals surface area contributed by atoms with Crippen LogP contribution in [0.2, 0.25) is 0 Å². The molecule has 4 rings (SSSR count). The number of benzene rings is 1. The Morgan fingerprint density at radius 2 is 1.80 bits per heavy atom. The van der Waals surface area contributed by atoms with Crippen LogP contribution in [0.3, 0.4) is 0 Å². The standard InChI is InChI=1S/C24H25N3O3/c1-14(28)16-5-7-17(8-6-16)23-22-18(11-24(3,4)12-21(22)30)26-19-13-25-10-9-20(19)27(23)15(2)29/h5-10,13,23,26H,11-12H2,1-4H3. The van der Waals surface area contributed by atoms with E-state index in [0.29, 0.717) is 35.4 Å². The molecular weight excluding hydrogens is 378 g/mol. The minimum atomic E-state index is -0.571. The van der Waals surface area contributed by atoms with Gasteiger partial charge in [0.05, 0.1) is 23.6 Å². The molecule has 1 amide bonds. The number of nitrogens with zero attached hydrogens (tertiary/aromatic N) is 2. The molecule has 30 heavy (non-hydrogen) atoms. The van der Waals surface area contributed by atoms with Gasteiger partial charge in [-0.25, -0.2) is 0 Å². The van der Waals surface area contributed by atoms with Crippen LogP contribution in [0.4, 0.5) is 11.4 Å². The second kappa shape index (κ2) is 7.20. The molecule has 1 aliphatic heterocycles. The van der Waals surface area contributed by atoms with Gasteiger partial charge in [0, 0.05) is 36.4 Å². The number of nitrogens with one attached hydrogen (secondary N) is 1. The molecule has 0 saturated carbocycles. The highest BCUT2D eigenvalue weighted by Gasteiger charge is 2.42. The molecule has 2 heterocycles. The van der Waals surface area contributed by atoms with E-state index in [9.17, 15) is 14.4 Å². The lowest BCUT2D eigenvalue weighted by molar-refractivity contribution is -0.118. The summed E-state index contributed by atoms with van der Waals surface area (Å²) in [6.45, 7) is 7.17. The van der Waals surface area contributed by atoms with Gasteiger partial charge in [-0.3, -0.25) is 24.3 Å². The number of amides is 1. The van der Waals surface area contributed by atoms with Crippen molar-refractivity contribution in [1.82, 2.24) is 4.98 Å². The SMILES string of the molecule is CC(=O)c1ccc(C2C3=C(CC(C)(C)CC3=O)Nc3cnccc3N2C(C)=O)cc1. The van der Waals surface area contributed by atoms with Gasteiger partial charge in [-0.05, 0) is 30.4 Å². The molecule has 154 valence electrons. The topological polar surface area (TPSA) is 79.4 Å². The van der Waals surface area contributed by atoms with Crippen molar-refractivity contribution in [3.05, 3.63) is 65.1 Å². The summed E-state index contributed by atoms with van der Waals surface area (Å²) in [6.07, 6.45) is 4.43. The summed E-state index contributed by atoms with van der Waals surface area (Å²) in [5.74, 6) is -0.169. The van der Waals surface area contributed by atoms with Crippen LogP contribution in [0.1, 0.15) is 62.5 Å². The number of aromatic nitrogens is 1. The largest absolute Gasteiger partial charge is 0.356 e. The van der Waals surface area contributed by atoms with Crippen molar-refractivity contribution in [3.8, 4) is 0 Å². The van der Waals surface area contributed by atoms with E-state index in [1.54, 1.807) is 35.5 Å². The molecule has 0 fully saturated rings. The molecule has 0 bridgehead atoms. The molecule has 1 aliphatic carbocycles. The summed E-state index contributed by atoms with van der Waals surface area (Å²) in [5, 5.41) is 3.41. The zero-order valence-electron chi connectivity index (χ0n) is 17.7. The van der Waals surface area contributed by atoms with Crippen LogP contribution >= 0.6 is 0 Å². The summed E-state index contributed by atoms with van der Waals surface area (Å²) in [7, 11) is 0. The maximum Gasteiger partial charge on any atom is 0.224 e. The van der Waals surface area contributed by atoms with E-state index in [1.165, 1.54) is 13.8 Å². The van der Waals surface area contributed by atoms with Gasteiger partial charge in [-0.2, -0.15) is 0 Å². The smallest absolute Gasteiger partial charge is 0.224 e. The molecule has 1 N–H and O–H groups in total. The van der Waals surface area contributed by atoms with Gasteiger partial charge in [0.25, 0.3) is 0 Å². The van der Waals surface area contributed by atoms with Crippen LogP contribution in [0.5, 0.6) is 0 Å². The number of carbonyl (C=O) groups excluding carboxylic acids is 3. The molecule has 2 aliphatic rings. The quantitative estimate of drug-likeness (QED) is 0.750. The molecular formula is C24H25N3O3. The number of hydrogen-bond acceptors (Lipinski definition) is 5. The summed E-state index contributed by atoms with van der Waals surface area (Å²) < 4.78 is 0. The van der Waals surface area contributed by atoms with Gasteiger partial charge < -0.3 is 5.32 Å². The van der Waals surface area contributed by atoms with Crippen molar-refractivity contribution in [2.75, 3.05) is 10.2 Å². The number of rotatable bonds is 2. The third kappa shape index (κ3) is 3.43. The third-order valence-electron chi connectivity index (χ3n) is 5.77. The van der Waals surface area contributed by atoms with Crippen LogP contribution in [-0.4, -0.2) is 22.5 Å². The second-order valence-corrected chi connectivity index (χ2v) is 8.82. The number of ketones is 2. The molecule has 2 aromatic rings. The fourth-order valence-electron chi connectivity index (χ4n) is 4.46. The summed E-state index contributed by atoms with van der Waals surface area (Å²) in [4.78, 5) is 43.8. The zero-order chi connectivity index (χ0) is 21.6. The van der Waals surface area contributed by atoms with E-state index >= 15 is 0 Å². The molecule has 0 saturated heterocycles. The van der Waals surface area contributed by atoms with Crippen molar-refractivity contribution < 1.29 is 14.4 Å². The Morgan fingerprint density at radius 3 is 2.43 bits per heavy atom. The second-order valence-electron chi connectivity index (χ2n) is 8.82. The van der Waals surface area contributed by atoms with Gasteiger partial charge >= 0.3 is 0 Å². The van der Waals surface area contributed by atoms with Crippen LogP contribution in [0.15, 0.2) is 54.0 Å². The Bertz CT molecular complexity index is 1080. The zero-order valence-corrected chi connectivity index (χ0v) is 17.7. The normalized spacial score (nSPS) is 20.1. The first-order valence-corrected chi connectivity index (χ1v) is 10.1. The average molecular weight is 403 g/mol. The Hall–Kier alpha value is -3.28. The van der Waals surface area contributed by atoms with Crippen LogP contribution in [-0.2, 0) is 9.59 Å². The van der Waals surface area contributed by atoms with Crippen LogP contribution in [0.25, 0.3) is 0 Å². The maximum absolute atomic E-state index is 13.4. The molecule has 0 radical (unpaired) electrons. The minimum absolute atomic E-state index is 0.0284. The first-order valence-electron chi connectivity index (χ1n) is 10.1. The van der Waals surface area contributed by atoms with Crippen molar-refractivity contribution in [1.29, 1.82) is 0 Å². The van der Waals surface area contributed by atoms with Gasteiger partial charge in [0.2, 0.25) is 5.91 Å². The fraction of sp³-hybridized carbons (Fsp3) is 0.333. The lowest BCUT2D eigenvalue weighted by Crippen LogP contribution is -2.38.